The zero-order valence-corrected chi connectivity index (χ0v) is 8.74. The van der Waals surface area contributed by atoms with E-state index >= 15 is 0 Å². The van der Waals surface area contributed by atoms with Gasteiger partial charge in [-0.1, -0.05) is 0 Å². The van der Waals surface area contributed by atoms with Crippen LogP contribution in [0.5, 0.6) is 0 Å². The number of benzene rings is 1. The molecule has 0 aliphatic heterocycles. The molecule has 0 radical (unpaired) electrons. The fourth-order valence-corrected chi connectivity index (χ4v) is 1.69. The minimum atomic E-state index is -4.89. The van der Waals surface area contributed by atoms with Crippen molar-refractivity contribution in [3.05, 3.63) is 34.8 Å². The van der Waals surface area contributed by atoms with Crippen molar-refractivity contribution in [2.45, 2.75) is 6.18 Å². The first-order chi connectivity index (χ1) is 7.91. The molecule has 0 atom stereocenters. The van der Waals surface area contributed by atoms with Crippen LogP contribution in [0, 0.1) is 11.6 Å². The maximum Gasteiger partial charge on any atom is 0.419 e. The van der Waals surface area contributed by atoms with Gasteiger partial charge in [0.05, 0.1) is 11.1 Å². The first-order valence-electron chi connectivity index (χ1n) is 4.23. The summed E-state index contributed by atoms with van der Waals surface area (Å²) in [5, 5.41) is 0. The minimum absolute atomic E-state index is 0.348. The van der Waals surface area contributed by atoms with Gasteiger partial charge in [-0.25, -0.2) is 13.8 Å². The number of hydrogen-bond donors (Lipinski definition) is 0. The molecule has 0 aliphatic rings. The highest BCUT2D eigenvalue weighted by Crippen LogP contribution is 2.36. The average Bonchev–Trinajstić information content (AvgIpc) is 2.68. The highest BCUT2D eigenvalue weighted by Gasteiger charge is 2.36. The molecule has 0 spiro atoms. The standard InChI is InChI=1S/C9H3F5N2S/c10-5-2-1-4(9(12,13)14)7(11)6(5)8-15-3-17-16-8/h1-3H. The van der Waals surface area contributed by atoms with Gasteiger partial charge in [-0.3, -0.25) is 0 Å². The Balaban J connectivity index is 2.68. The summed E-state index contributed by atoms with van der Waals surface area (Å²) in [6, 6.07) is 0.892. The molecule has 0 bridgehead atoms. The maximum atomic E-state index is 13.6. The lowest BCUT2D eigenvalue weighted by molar-refractivity contribution is -0.139. The van der Waals surface area contributed by atoms with Gasteiger partial charge < -0.3 is 0 Å². The van der Waals surface area contributed by atoms with E-state index in [0.29, 0.717) is 12.1 Å². The Bertz CT molecular complexity index is 535. The molecule has 2 aromatic rings. The third-order valence-electron chi connectivity index (χ3n) is 1.98. The smallest absolute Gasteiger partial charge is 0.223 e. The van der Waals surface area contributed by atoms with Crippen LogP contribution in [0.15, 0.2) is 17.6 Å². The van der Waals surface area contributed by atoms with Crippen molar-refractivity contribution in [3.8, 4) is 11.4 Å². The van der Waals surface area contributed by atoms with Crippen LogP contribution in [0.2, 0.25) is 0 Å². The lowest BCUT2D eigenvalue weighted by Crippen LogP contribution is -2.10. The van der Waals surface area contributed by atoms with Crippen LogP contribution in [0.25, 0.3) is 11.4 Å². The van der Waals surface area contributed by atoms with Crippen LogP contribution in [0.3, 0.4) is 0 Å². The molecule has 0 unspecified atom stereocenters. The first-order valence-corrected chi connectivity index (χ1v) is 5.07. The van der Waals surface area contributed by atoms with E-state index in [1.165, 1.54) is 5.51 Å². The molecule has 0 amide bonds. The van der Waals surface area contributed by atoms with Gasteiger partial charge in [0.1, 0.15) is 17.1 Å². The van der Waals surface area contributed by atoms with Crippen LogP contribution in [-0.4, -0.2) is 9.36 Å². The van der Waals surface area contributed by atoms with Gasteiger partial charge in [-0.05, 0) is 23.7 Å². The molecule has 0 saturated heterocycles. The largest absolute Gasteiger partial charge is 0.419 e. The SMILES string of the molecule is Fc1ccc(C(F)(F)F)c(F)c1-c1ncsn1. The van der Waals surface area contributed by atoms with E-state index in [-0.39, 0.29) is 0 Å². The molecular weight excluding hydrogens is 263 g/mol. The highest BCUT2D eigenvalue weighted by atomic mass is 32.1. The van der Waals surface area contributed by atoms with Crippen molar-refractivity contribution in [1.29, 1.82) is 0 Å². The van der Waals surface area contributed by atoms with E-state index in [2.05, 4.69) is 9.36 Å². The van der Waals surface area contributed by atoms with E-state index in [9.17, 15) is 22.0 Å². The first kappa shape index (κ1) is 11.9. The Labute approximate surface area is 95.9 Å². The zero-order valence-electron chi connectivity index (χ0n) is 7.92. The molecule has 2 rings (SSSR count). The average molecular weight is 266 g/mol. The van der Waals surface area contributed by atoms with Crippen molar-refractivity contribution in [1.82, 2.24) is 9.36 Å². The lowest BCUT2D eigenvalue weighted by atomic mass is 10.1. The Hall–Kier alpha value is -1.57. The highest BCUT2D eigenvalue weighted by molar-refractivity contribution is 7.03. The molecule has 90 valence electrons. The molecule has 0 N–H and O–H groups in total. The van der Waals surface area contributed by atoms with Gasteiger partial charge in [-0.15, -0.1) is 0 Å². The summed E-state index contributed by atoms with van der Waals surface area (Å²) in [5.74, 6) is -3.22. The van der Waals surface area contributed by atoms with Crippen LogP contribution in [0.4, 0.5) is 22.0 Å². The van der Waals surface area contributed by atoms with Crippen LogP contribution in [0.1, 0.15) is 5.56 Å². The third-order valence-corrected chi connectivity index (χ3v) is 2.46. The zero-order chi connectivity index (χ0) is 12.6. The summed E-state index contributed by atoms with van der Waals surface area (Å²) in [5.41, 5.74) is -1.22. The minimum Gasteiger partial charge on any atom is -0.223 e. The van der Waals surface area contributed by atoms with E-state index in [1.54, 1.807) is 0 Å². The normalized spacial score (nSPS) is 11.8. The second-order valence-electron chi connectivity index (χ2n) is 3.04. The Kier molecular flexibility index (Phi) is 2.82. The van der Waals surface area contributed by atoms with Gasteiger partial charge in [0.2, 0.25) is 0 Å². The summed E-state index contributed by atoms with van der Waals surface area (Å²) in [4.78, 5) is 3.49. The molecule has 0 aliphatic carbocycles. The summed E-state index contributed by atoms with van der Waals surface area (Å²) in [6.07, 6.45) is -4.89. The number of alkyl halides is 3. The lowest BCUT2D eigenvalue weighted by Gasteiger charge is -2.10. The molecule has 2 nitrogen and oxygen atoms in total. The van der Waals surface area contributed by atoms with Crippen molar-refractivity contribution in [2.75, 3.05) is 0 Å². The molecule has 0 fully saturated rings. The maximum absolute atomic E-state index is 13.6. The predicted octanol–water partition coefficient (Wildman–Crippen LogP) is 3.50. The fraction of sp³-hybridized carbons (Fsp3) is 0.111. The Morgan fingerprint density at radius 2 is 1.82 bits per heavy atom. The number of hydrogen-bond acceptors (Lipinski definition) is 3. The Morgan fingerprint density at radius 3 is 2.35 bits per heavy atom. The van der Waals surface area contributed by atoms with Crippen LogP contribution >= 0.6 is 11.5 Å². The number of nitrogens with zero attached hydrogens (tertiary/aromatic N) is 2. The van der Waals surface area contributed by atoms with Gasteiger partial charge in [0, 0.05) is 0 Å². The van der Waals surface area contributed by atoms with Gasteiger partial charge in [0.15, 0.2) is 5.82 Å². The number of rotatable bonds is 1. The topological polar surface area (TPSA) is 25.8 Å². The third kappa shape index (κ3) is 2.12. The van der Waals surface area contributed by atoms with E-state index in [0.717, 1.165) is 11.5 Å². The van der Waals surface area contributed by atoms with Crippen molar-refractivity contribution in [3.63, 3.8) is 0 Å². The van der Waals surface area contributed by atoms with Gasteiger partial charge in [-0.2, -0.15) is 17.5 Å². The quantitative estimate of drug-likeness (QED) is 0.738. The van der Waals surface area contributed by atoms with Crippen molar-refractivity contribution < 1.29 is 22.0 Å². The Morgan fingerprint density at radius 1 is 1.12 bits per heavy atom. The summed E-state index contributed by atoms with van der Waals surface area (Å²) >= 11 is 0.789. The molecule has 1 heterocycles. The second-order valence-corrected chi connectivity index (χ2v) is 3.64. The van der Waals surface area contributed by atoms with E-state index in [4.69, 9.17) is 0 Å². The van der Waals surface area contributed by atoms with E-state index < -0.39 is 34.8 Å². The number of aromatic nitrogens is 2. The summed E-state index contributed by atoms with van der Waals surface area (Å²) < 4.78 is 67.6. The predicted molar refractivity (Wildman–Crippen MR) is 50.3 cm³/mol. The van der Waals surface area contributed by atoms with Gasteiger partial charge >= 0.3 is 6.18 Å². The monoisotopic (exact) mass is 266 g/mol. The molecule has 8 heteroatoms. The summed E-state index contributed by atoms with van der Waals surface area (Å²) in [6.45, 7) is 0. The van der Waals surface area contributed by atoms with Crippen LogP contribution < -0.4 is 0 Å². The second kappa shape index (κ2) is 4.02. The fourth-order valence-electron chi connectivity index (χ4n) is 1.26. The van der Waals surface area contributed by atoms with E-state index in [1.807, 2.05) is 0 Å². The molecule has 1 aromatic carbocycles. The summed E-state index contributed by atoms with van der Waals surface area (Å²) in [7, 11) is 0. The van der Waals surface area contributed by atoms with Crippen molar-refractivity contribution in [2.24, 2.45) is 0 Å². The number of halogens is 5. The van der Waals surface area contributed by atoms with Crippen molar-refractivity contribution >= 4 is 11.5 Å². The molecule has 0 saturated carbocycles. The van der Waals surface area contributed by atoms with Crippen LogP contribution in [-0.2, 0) is 6.18 Å². The molecule has 17 heavy (non-hydrogen) atoms. The molecular formula is C9H3F5N2S. The van der Waals surface area contributed by atoms with Gasteiger partial charge in [0.25, 0.3) is 0 Å². The molecule has 1 aromatic heterocycles.